The van der Waals surface area contributed by atoms with E-state index in [2.05, 4.69) is 20.6 Å². The Morgan fingerprint density at radius 2 is 1.68 bits per heavy atom. The summed E-state index contributed by atoms with van der Waals surface area (Å²) in [6, 6.07) is 18.6. The van der Waals surface area contributed by atoms with Gasteiger partial charge >= 0.3 is 5.97 Å². The first-order valence-electron chi connectivity index (χ1n) is 7.86. The van der Waals surface area contributed by atoms with Gasteiger partial charge in [-0.2, -0.15) is 0 Å². The number of aromatic nitrogens is 2. The van der Waals surface area contributed by atoms with Gasteiger partial charge in [-0.25, -0.2) is 14.8 Å². The van der Waals surface area contributed by atoms with Gasteiger partial charge in [-0.1, -0.05) is 42.5 Å². The second kappa shape index (κ2) is 7.44. The standard InChI is InChI=1S/C19H18N4O2/c1-13(14-7-3-2-4-8-14)22-17-11-18(21-12-20-17)23-16-10-6-5-9-15(16)19(24)25/h2-13H,1H3,(H,24,25)(H2,20,21,22,23). The number of hydrogen-bond donors (Lipinski definition) is 3. The Kier molecular flexibility index (Phi) is 4.89. The van der Waals surface area contributed by atoms with Crippen molar-refractivity contribution in [1.29, 1.82) is 0 Å². The number of aromatic carboxylic acids is 1. The number of para-hydroxylation sites is 1. The van der Waals surface area contributed by atoms with Crippen LogP contribution in [-0.4, -0.2) is 21.0 Å². The summed E-state index contributed by atoms with van der Waals surface area (Å²) >= 11 is 0. The first-order chi connectivity index (χ1) is 12.1. The van der Waals surface area contributed by atoms with Crippen molar-refractivity contribution in [2.45, 2.75) is 13.0 Å². The first kappa shape index (κ1) is 16.4. The van der Waals surface area contributed by atoms with Gasteiger partial charge in [-0.05, 0) is 24.6 Å². The van der Waals surface area contributed by atoms with Crippen LogP contribution >= 0.6 is 0 Å². The zero-order chi connectivity index (χ0) is 17.6. The quantitative estimate of drug-likeness (QED) is 0.629. The maximum atomic E-state index is 11.3. The molecule has 2 aromatic carbocycles. The number of rotatable bonds is 6. The summed E-state index contributed by atoms with van der Waals surface area (Å²) in [6.45, 7) is 2.05. The van der Waals surface area contributed by atoms with Gasteiger partial charge in [0.05, 0.1) is 11.3 Å². The third-order valence-electron chi connectivity index (χ3n) is 3.75. The minimum absolute atomic E-state index is 0.0789. The van der Waals surface area contributed by atoms with Crippen LogP contribution in [0.2, 0.25) is 0 Å². The minimum atomic E-state index is -0.992. The first-order valence-corrected chi connectivity index (χ1v) is 7.86. The number of anilines is 3. The van der Waals surface area contributed by atoms with E-state index in [1.165, 1.54) is 6.33 Å². The highest BCUT2D eigenvalue weighted by molar-refractivity contribution is 5.95. The monoisotopic (exact) mass is 334 g/mol. The molecule has 0 bridgehead atoms. The van der Waals surface area contributed by atoms with E-state index in [0.717, 1.165) is 5.56 Å². The lowest BCUT2D eigenvalue weighted by Crippen LogP contribution is -2.09. The SMILES string of the molecule is CC(Nc1cc(Nc2ccccc2C(=O)O)ncn1)c1ccccc1. The number of carboxylic acids is 1. The number of nitrogens with zero attached hydrogens (tertiary/aromatic N) is 2. The molecule has 1 unspecified atom stereocenters. The van der Waals surface area contributed by atoms with Crippen LogP contribution in [0.1, 0.15) is 28.9 Å². The Labute approximate surface area is 145 Å². The second-order valence-corrected chi connectivity index (χ2v) is 5.54. The van der Waals surface area contributed by atoms with Gasteiger partial charge in [0, 0.05) is 12.1 Å². The maximum Gasteiger partial charge on any atom is 0.337 e. The molecule has 0 aliphatic carbocycles. The molecule has 6 heteroatoms. The van der Waals surface area contributed by atoms with Crippen LogP contribution in [0, 0.1) is 0 Å². The average Bonchev–Trinajstić information content (AvgIpc) is 2.63. The Balaban J connectivity index is 1.77. The maximum absolute atomic E-state index is 11.3. The lowest BCUT2D eigenvalue weighted by molar-refractivity contribution is 0.0698. The molecule has 0 saturated carbocycles. The second-order valence-electron chi connectivity index (χ2n) is 5.54. The Bertz CT molecular complexity index is 868. The summed E-state index contributed by atoms with van der Waals surface area (Å²) in [5.41, 5.74) is 1.82. The summed E-state index contributed by atoms with van der Waals surface area (Å²) < 4.78 is 0. The highest BCUT2D eigenvalue weighted by Crippen LogP contribution is 2.22. The molecule has 126 valence electrons. The molecule has 0 amide bonds. The van der Waals surface area contributed by atoms with Crippen LogP contribution < -0.4 is 10.6 Å². The molecule has 0 aliphatic rings. The molecular weight excluding hydrogens is 316 g/mol. The van der Waals surface area contributed by atoms with Crippen molar-refractivity contribution in [3.05, 3.63) is 78.1 Å². The van der Waals surface area contributed by atoms with Crippen molar-refractivity contribution in [1.82, 2.24) is 9.97 Å². The van der Waals surface area contributed by atoms with Gasteiger partial charge in [-0.15, -0.1) is 0 Å². The van der Waals surface area contributed by atoms with E-state index in [1.54, 1.807) is 30.3 Å². The van der Waals surface area contributed by atoms with E-state index < -0.39 is 5.97 Å². The Morgan fingerprint density at radius 3 is 2.44 bits per heavy atom. The summed E-state index contributed by atoms with van der Waals surface area (Å²) in [5, 5.41) is 15.6. The lowest BCUT2D eigenvalue weighted by Gasteiger charge is -2.15. The van der Waals surface area contributed by atoms with Gasteiger partial charge in [0.25, 0.3) is 0 Å². The van der Waals surface area contributed by atoms with Crippen molar-refractivity contribution < 1.29 is 9.90 Å². The topological polar surface area (TPSA) is 87.1 Å². The number of nitrogens with one attached hydrogen (secondary N) is 2. The molecule has 6 nitrogen and oxygen atoms in total. The van der Waals surface area contributed by atoms with E-state index in [-0.39, 0.29) is 11.6 Å². The third kappa shape index (κ3) is 4.11. The molecule has 25 heavy (non-hydrogen) atoms. The molecule has 0 spiro atoms. The van der Waals surface area contributed by atoms with Gasteiger partial charge in [0.2, 0.25) is 0 Å². The third-order valence-corrected chi connectivity index (χ3v) is 3.75. The molecule has 0 aliphatic heterocycles. The number of carboxylic acid groups (broad SMARTS) is 1. The molecule has 3 rings (SSSR count). The van der Waals surface area contributed by atoms with E-state index in [1.807, 2.05) is 37.3 Å². The average molecular weight is 334 g/mol. The van der Waals surface area contributed by atoms with Gasteiger partial charge in [-0.3, -0.25) is 0 Å². The van der Waals surface area contributed by atoms with E-state index in [0.29, 0.717) is 17.3 Å². The smallest absolute Gasteiger partial charge is 0.337 e. The largest absolute Gasteiger partial charge is 0.478 e. The predicted molar refractivity (Wildman–Crippen MR) is 97.2 cm³/mol. The number of hydrogen-bond acceptors (Lipinski definition) is 5. The fourth-order valence-electron chi connectivity index (χ4n) is 2.47. The molecule has 3 N–H and O–H groups in total. The molecule has 0 radical (unpaired) electrons. The summed E-state index contributed by atoms with van der Waals surface area (Å²) in [4.78, 5) is 19.7. The minimum Gasteiger partial charge on any atom is -0.478 e. The van der Waals surface area contributed by atoms with Crippen molar-refractivity contribution in [3.8, 4) is 0 Å². The highest BCUT2D eigenvalue weighted by Gasteiger charge is 2.11. The van der Waals surface area contributed by atoms with Crippen molar-refractivity contribution in [3.63, 3.8) is 0 Å². The number of benzene rings is 2. The van der Waals surface area contributed by atoms with Crippen LogP contribution in [0.3, 0.4) is 0 Å². The van der Waals surface area contributed by atoms with Crippen molar-refractivity contribution in [2.24, 2.45) is 0 Å². The van der Waals surface area contributed by atoms with E-state index in [4.69, 9.17) is 0 Å². The van der Waals surface area contributed by atoms with Crippen LogP contribution in [0.15, 0.2) is 67.0 Å². The zero-order valence-electron chi connectivity index (χ0n) is 13.7. The predicted octanol–water partition coefficient (Wildman–Crippen LogP) is 4.09. The molecule has 0 fully saturated rings. The fraction of sp³-hybridized carbons (Fsp3) is 0.105. The molecule has 3 aromatic rings. The molecule has 1 heterocycles. The van der Waals surface area contributed by atoms with Crippen LogP contribution in [0.25, 0.3) is 0 Å². The summed E-state index contributed by atoms with van der Waals surface area (Å²) in [6.07, 6.45) is 1.44. The zero-order valence-corrected chi connectivity index (χ0v) is 13.7. The molecule has 1 aromatic heterocycles. The Hall–Kier alpha value is -3.41. The normalized spacial score (nSPS) is 11.6. The summed E-state index contributed by atoms with van der Waals surface area (Å²) in [7, 11) is 0. The lowest BCUT2D eigenvalue weighted by atomic mass is 10.1. The van der Waals surface area contributed by atoms with Crippen molar-refractivity contribution in [2.75, 3.05) is 10.6 Å². The molecular formula is C19H18N4O2. The van der Waals surface area contributed by atoms with Crippen LogP contribution in [-0.2, 0) is 0 Å². The molecule has 0 saturated heterocycles. The highest BCUT2D eigenvalue weighted by atomic mass is 16.4. The van der Waals surface area contributed by atoms with Gasteiger partial charge in [0.1, 0.15) is 18.0 Å². The number of carbonyl (C=O) groups is 1. The fourth-order valence-corrected chi connectivity index (χ4v) is 2.47. The van der Waals surface area contributed by atoms with Crippen LogP contribution in [0.5, 0.6) is 0 Å². The van der Waals surface area contributed by atoms with Gasteiger partial charge in [0.15, 0.2) is 0 Å². The summed E-state index contributed by atoms with van der Waals surface area (Å²) in [5.74, 6) is 0.182. The van der Waals surface area contributed by atoms with Gasteiger partial charge < -0.3 is 15.7 Å². The van der Waals surface area contributed by atoms with Crippen LogP contribution in [0.4, 0.5) is 17.3 Å². The van der Waals surface area contributed by atoms with Crippen molar-refractivity contribution >= 4 is 23.3 Å². The van der Waals surface area contributed by atoms with E-state index >= 15 is 0 Å². The van der Waals surface area contributed by atoms with E-state index in [9.17, 15) is 9.90 Å². The molecule has 1 atom stereocenters. The Morgan fingerprint density at radius 1 is 1.00 bits per heavy atom.